The number of benzene rings is 2. The van der Waals surface area contributed by atoms with Crippen LogP contribution in [-0.2, 0) is 0 Å². The Morgan fingerprint density at radius 1 is 1.24 bits per heavy atom. The molecule has 1 aliphatic heterocycles. The van der Waals surface area contributed by atoms with Gasteiger partial charge in [0, 0.05) is 53.2 Å². The predicted molar refractivity (Wildman–Crippen MR) is 98.6 cm³/mol. The molecule has 1 amide bonds. The lowest BCUT2D eigenvalue weighted by atomic mass is 9.95. The second-order valence-electron chi connectivity index (χ2n) is 6.26. The summed E-state index contributed by atoms with van der Waals surface area (Å²) >= 11 is 0. The molecule has 128 valence electrons. The number of nitrogens with zero attached hydrogens (tertiary/aromatic N) is 1. The Bertz CT molecular complexity index is 965. The maximum Gasteiger partial charge on any atom is 0.257 e. The molecule has 2 aromatic carbocycles. The van der Waals surface area contributed by atoms with Gasteiger partial charge in [0.05, 0.1) is 5.56 Å². The number of carbonyl (C=O) groups is 1. The summed E-state index contributed by atoms with van der Waals surface area (Å²) in [6, 6.07) is 8.70. The lowest BCUT2D eigenvalue weighted by molar-refractivity contribution is 0.103. The molecule has 1 aliphatic rings. The molecule has 0 spiro atoms. The molecule has 0 saturated carbocycles. The number of rotatable bonds is 5. The zero-order valence-corrected chi connectivity index (χ0v) is 13.9. The van der Waals surface area contributed by atoms with Crippen molar-refractivity contribution < 1.29 is 9.18 Å². The summed E-state index contributed by atoms with van der Waals surface area (Å²) in [5.41, 5.74) is 9.15. The molecule has 0 radical (unpaired) electrons. The van der Waals surface area contributed by atoms with Crippen molar-refractivity contribution in [1.29, 1.82) is 0 Å². The van der Waals surface area contributed by atoms with Gasteiger partial charge in [-0.1, -0.05) is 0 Å². The number of amides is 1. The van der Waals surface area contributed by atoms with Crippen LogP contribution < -0.4 is 16.0 Å². The fourth-order valence-electron chi connectivity index (χ4n) is 3.49. The first-order valence-electron chi connectivity index (χ1n) is 8.27. The summed E-state index contributed by atoms with van der Waals surface area (Å²) < 4.78 is 14.7. The van der Waals surface area contributed by atoms with Gasteiger partial charge >= 0.3 is 0 Å². The largest absolute Gasteiger partial charge is 0.374 e. The van der Waals surface area contributed by atoms with Crippen molar-refractivity contribution in [3.8, 4) is 11.3 Å². The Morgan fingerprint density at radius 3 is 2.80 bits per heavy atom. The molecule has 25 heavy (non-hydrogen) atoms. The van der Waals surface area contributed by atoms with Crippen LogP contribution in [0.15, 0.2) is 36.5 Å². The number of hydrogen-bond acceptors (Lipinski definition) is 3. The fraction of sp³-hybridized carbons (Fsp3) is 0.211. The Labute approximate surface area is 144 Å². The highest BCUT2D eigenvalue weighted by Crippen LogP contribution is 2.44. The van der Waals surface area contributed by atoms with Gasteiger partial charge in [-0.25, -0.2) is 4.39 Å². The molecule has 5 nitrogen and oxygen atoms in total. The van der Waals surface area contributed by atoms with Gasteiger partial charge in [0.15, 0.2) is 0 Å². The molecular formula is C19H19FN4O. The molecule has 0 fully saturated rings. The highest BCUT2D eigenvalue weighted by atomic mass is 19.1. The van der Waals surface area contributed by atoms with Crippen molar-refractivity contribution in [2.45, 2.75) is 6.42 Å². The minimum absolute atomic E-state index is 0.202. The summed E-state index contributed by atoms with van der Waals surface area (Å²) in [7, 11) is 1.92. The van der Waals surface area contributed by atoms with E-state index < -0.39 is 0 Å². The zero-order valence-electron chi connectivity index (χ0n) is 13.9. The van der Waals surface area contributed by atoms with Crippen LogP contribution >= 0.6 is 0 Å². The first kappa shape index (κ1) is 15.7. The summed E-state index contributed by atoms with van der Waals surface area (Å²) in [5, 5.41) is 3.97. The second kappa shape index (κ2) is 5.89. The smallest absolute Gasteiger partial charge is 0.257 e. The number of carbonyl (C=O) groups excluding carboxylic acids is 1. The van der Waals surface area contributed by atoms with E-state index in [9.17, 15) is 9.18 Å². The first-order chi connectivity index (χ1) is 12.1. The van der Waals surface area contributed by atoms with Crippen LogP contribution in [0.25, 0.3) is 22.0 Å². The highest BCUT2D eigenvalue weighted by Gasteiger charge is 2.29. The van der Waals surface area contributed by atoms with Crippen LogP contribution in [0, 0.1) is 5.82 Å². The van der Waals surface area contributed by atoms with Crippen LogP contribution in [0.4, 0.5) is 15.8 Å². The lowest BCUT2D eigenvalue weighted by Gasteiger charge is -2.23. The van der Waals surface area contributed by atoms with Gasteiger partial charge in [0.25, 0.3) is 5.91 Å². The minimum atomic E-state index is -0.330. The quantitative estimate of drug-likeness (QED) is 0.668. The number of halogens is 1. The van der Waals surface area contributed by atoms with E-state index in [-0.39, 0.29) is 11.7 Å². The predicted octanol–water partition coefficient (Wildman–Crippen LogP) is 3.32. The Balaban J connectivity index is 2.05. The molecule has 6 heteroatoms. The number of aromatic amines is 1. The molecule has 0 unspecified atom stereocenters. The van der Waals surface area contributed by atoms with Crippen LogP contribution in [-0.4, -0.2) is 31.0 Å². The van der Waals surface area contributed by atoms with Crippen LogP contribution in [0.2, 0.25) is 0 Å². The van der Waals surface area contributed by atoms with E-state index in [1.807, 2.05) is 36.3 Å². The molecule has 2 heterocycles. The monoisotopic (exact) mass is 338 g/mol. The van der Waals surface area contributed by atoms with Crippen LogP contribution in [0.3, 0.4) is 0 Å². The standard InChI is InChI=1S/C19H19FN4O/c1-24(9-3-7-21)15-10-11(13-4-2-8-22-13)16-18-14(23-19(16)25)6-5-12(20)17(15)18/h2,4-6,8,10,22H,3,7,9,21H2,1H3,(H,23,25). The highest BCUT2D eigenvalue weighted by molar-refractivity contribution is 6.28. The minimum Gasteiger partial charge on any atom is -0.374 e. The summed E-state index contributed by atoms with van der Waals surface area (Å²) in [6.07, 6.45) is 2.61. The van der Waals surface area contributed by atoms with E-state index in [0.29, 0.717) is 35.1 Å². The SMILES string of the molecule is CN(CCCN)c1cc(-c2ccc[nH]2)c2c3c(ccc(F)c13)NC2=O. The topological polar surface area (TPSA) is 74.2 Å². The van der Waals surface area contributed by atoms with Gasteiger partial charge < -0.3 is 20.9 Å². The van der Waals surface area contributed by atoms with E-state index in [2.05, 4.69) is 10.3 Å². The van der Waals surface area contributed by atoms with Crippen molar-refractivity contribution >= 4 is 28.1 Å². The molecule has 0 atom stereocenters. The summed E-state index contributed by atoms with van der Waals surface area (Å²) in [6.45, 7) is 1.28. The number of aromatic nitrogens is 1. The van der Waals surface area contributed by atoms with E-state index in [1.54, 1.807) is 6.07 Å². The normalized spacial score (nSPS) is 12.7. The third kappa shape index (κ3) is 2.37. The van der Waals surface area contributed by atoms with Gasteiger partial charge in [-0.3, -0.25) is 4.79 Å². The number of nitrogens with one attached hydrogen (secondary N) is 2. The molecular weight excluding hydrogens is 319 g/mol. The van der Waals surface area contributed by atoms with Crippen molar-refractivity contribution in [2.75, 3.05) is 30.4 Å². The number of H-pyrrole nitrogens is 1. The number of nitrogens with two attached hydrogens (primary N) is 1. The average Bonchev–Trinajstić information content (AvgIpc) is 3.25. The molecule has 0 bridgehead atoms. The van der Waals surface area contributed by atoms with E-state index in [1.165, 1.54) is 6.07 Å². The van der Waals surface area contributed by atoms with Crippen LogP contribution in [0.1, 0.15) is 16.8 Å². The summed E-state index contributed by atoms with van der Waals surface area (Å²) in [5.74, 6) is -0.532. The molecule has 3 aromatic rings. The van der Waals surface area contributed by atoms with Crippen molar-refractivity contribution in [2.24, 2.45) is 5.73 Å². The van der Waals surface area contributed by atoms with Crippen molar-refractivity contribution in [3.63, 3.8) is 0 Å². The maximum absolute atomic E-state index is 14.7. The van der Waals surface area contributed by atoms with Gasteiger partial charge in [-0.2, -0.15) is 0 Å². The Kier molecular flexibility index (Phi) is 3.69. The number of anilines is 2. The van der Waals surface area contributed by atoms with Crippen molar-refractivity contribution in [3.05, 3.63) is 47.9 Å². The third-order valence-corrected chi connectivity index (χ3v) is 4.68. The van der Waals surface area contributed by atoms with E-state index >= 15 is 0 Å². The molecule has 4 N–H and O–H groups in total. The van der Waals surface area contributed by atoms with Gasteiger partial charge in [-0.05, 0) is 43.3 Å². The van der Waals surface area contributed by atoms with Crippen LogP contribution in [0.5, 0.6) is 0 Å². The van der Waals surface area contributed by atoms with E-state index in [4.69, 9.17) is 5.73 Å². The summed E-state index contributed by atoms with van der Waals surface area (Å²) in [4.78, 5) is 17.7. The molecule has 4 rings (SSSR count). The number of hydrogen-bond donors (Lipinski definition) is 3. The van der Waals surface area contributed by atoms with Gasteiger partial charge in [-0.15, -0.1) is 0 Å². The van der Waals surface area contributed by atoms with Gasteiger partial charge in [0.2, 0.25) is 0 Å². The van der Waals surface area contributed by atoms with E-state index in [0.717, 1.165) is 23.4 Å². The maximum atomic E-state index is 14.7. The zero-order chi connectivity index (χ0) is 17.6. The third-order valence-electron chi connectivity index (χ3n) is 4.68. The van der Waals surface area contributed by atoms with Gasteiger partial charge in [0.1, 0.15) is 5.82 Å². The van der Waals surface area contributed by atoms with Crippen molar-refractivity contribution in [1.82, 2.24) is 4.98 Å². The average molecular weight is 338 g/mol. The molecule has 0 aliphatic carbocycles. The molecule has 1 aromatic heterocycles. The first-order valence-corrected chi connectivity index (χ1v) is 8.27. The Morgan fingerprint density at radius 2 is 2.08 bits per heavy atom. The Hall–Kier alpha value is -2.86. The molecule has 0 saturated heterocycles. The lowest BCUT2D eigenvalue weighted by Crippen LogP contribution is -2.21. The fourth-order valence-corrected chi connectivity index (χ4v) is 3.49. The second-order valence-corrected chi connectivity index (χ2v) is 6.26.